The molecule has 0 bridgehead atoms. The molecule has 2 heterocycles. The summed E-state index contributed by atoms with van der Waals surface area (Å²) in [6.07, 6.45) is 2.62. The molecule has 0 spiro atoms. The molecule has 2 aromatic carbocycles. The van der Waals surface area contributed by atoms with Crippen LogP contribution in [0.3, 0.4) is 0 Å². The maximum absolute atomic E-state index is 13.1. The van der Waals surface area contributed by atoms with Crippen molar-refractivity contribution in [2.45, 2.75) is 19.3 Å². The summed E-state index contributed by atoms with van der Waals surface area (Å²) in [5, 5.41) is 5.30. The smallest absolute Gasteiger partial charge is 0.254 e. The summed E-state index contributed by atoms with van der Waals surface area (Å²) in [6.45, 7) is 4.04. The van der Waals surface area contributed by atoms with Gasteiger partial charge >= 0.3 is 0 Å². The van der Waals surface area contributed by atoms with E-state index in [2.05, 4.69) is 5.32 Å². The number of hydrogen-bond donors (Lipinski definition) is 1. The van der Waals surface area contributed by atoms with Gasteiger partial charge in [0, 0.05) is 37.7 Å². The summed E-state index contributed by atoms with van der Waals surface area (Å²) in [6, 6.07) is 13.9. The van der Waals surface area contributed by atoms with Crippen molar-refractivity contribution in [3.05, 3.63) is 48.0 Å². The van der Waals surface area contributed by atoms with Crippen molar-refractivity contribution in [3.8, 4) is 0 Å². The number of nitrogens with zero attached hydrogens (tertiary/aromatic N) is 2. The lowest BCUT2D eigenvalue weighted by Crippen LogP contribution is -2.44. The quantitative estimate of drug-likeness (QED) is 0.889. The van der Waals surface area contributed by atoms with Gasteiger partial charge in [-0.25, -0.2) is 0 Å². The van der Waals surface area contributed by atoms with Crippen molar-refractivity contribution in [2.24, 2.45) is 11.8 Å². The Morgan fingerprint density at radius 3 is 2.46 bits per heavy atom. The highest BCUT2D eigenvalue weighted by Gasteiger charge is 2.33. The monoisotopic (exact) mass is 379 g/mol. The van der Waals surface area contributed by atoms with E-state index in [9.17, 15) is 9.59 Å². The molecular weight excluding hydrogens is 350 g/mol. The Labute approximate surface area is 166 Å². The van der Waals surface area contributed by atoms with Crippen molar-refractivity contribution in [1.29, 1.82) is 0 Å². The molecule has 5 heteroatoms. The third-order valence-electron chi connectivity index (χ3n) is 6.24. The fourth-order valence-corrected chi connectivity index (χ4v) is 4.66. The number of benzene rings is 2. The number of nitrogens with one attached hydrogen (secondary N) is 1. The Balaban J connectivity index is 1.37. The van der Waals surface area contributed by atoms with Gasteiger partial charge in [-0.15, -0.1) is 0 Å². The van der Waals surface area contributed by atoms with Crippen LogP contribution in [0, 0.1) is 11.8 Å². The number of amides is 2. The molecule has 0 aliphatic carbocycles. The van der Waals surface area contributed by atoms with Crippen LogP contribution in [0.5, 0.6) is 0 Å². The molecule has 1 unspecified atom stereocenters. The van der Waals surface area contributed by atoms with Crippen molar-refractivity contribution < 1.29 is 9.59 Å². The van der Waals surface area contributed by atoms with Crippen LogP contribution in [0.15, 0.2) is 42.5 Å². The molecule has 2 aliphatic rings. The third kappa shape index (κ3) is 3.76. The molecule has 148 valence electrons. The molecule has 2 fully saturated rings. The minimum Gasteiger partial charge on any atom is -0.342 e. The summed E-state index contributed by atoms with van der Waals surface area (Å²) in [5.74, 6) is 1.00. The summed E-state index contributed by atoms with van der Waals surface area (Å²) in [5.41, 5.74) is 0.761. The first kappa shape index (κ1) is 18.9. The van der Waals surface area contributed by atoms with E-state index >= 15 is 0 Å². The number of piperidine rings is 1. The maximum atomic E-state index is 13.1. The van der Waals surface area contributed by atoms with Gasteiger partial charge in [-0.2, -0.15) is 0 Å². The molecule has 2 amide bonds. The first-order valence-electron chi connectivity index (χ1n) is 10.4. The fourth-order valence-electron chi connectivity index (χ4n) is 4.66. The lowest BCUT2D eigenvalue weighted by atomic mass is 9.94. The van der Waals surface area contributed by atoms with Crippen molar-refractivity contribution in [3.63, 3.8) is 0 Å². The SMILES string of the molecule is CNCC1CCN(C(=O)C2CCN(C(=O)c3cccc4ccccc34)CC2)C1. The highest BCUT2D eigenvalue weighted by Crippen LogP contribution is 2.26. The zero-order chi connectivity index (χ0) is 19.5. The van der Waals surface area contributed by atoms with E-state index in [4.69, 9.17) is 0 Å². The number of carbonyl (C=O) groups is 2. The molecule has 5 nitrogen and oxygen atoms in total. The average Bonchev–Trinajstić information content (AvgIpc) is 3.21. The molecule has 2 aliphatic heterocycles. The zero-order valence-corrected chi connectivity index (χ0v) is 16.6. The molecule has 4 rings (SSSR count). The molecule has 1 N–H and O–H groups in total. The van der Waals surface area contributed by atoms with Crippen LogP contribution < -0.4 is 5.32 Å². The molecule has 0 aromatic heterocycles. The van der Waals surface area contributed by atoms with Crippen LogP contribution in [-0.4, -0.2) is 61.4 Å². The number of rotatable bonds is 4. The normalized spacial score (nSPS) is 20.7. The van der Waals surface area contributed by atoms with Gasteiger partial charge in [0.05, 0.1) is 0 Å². The first-order valence-corrected chi connectivity index (χ1v) is 10.4. The van der Waals surface area contributed by atoms with E-state index in [1.54, 1.807) is 0 Å². The summed E-state index contributed by atoms with van der Waals surface area (Å²) >= 11 is 0. The van der Waals surface area contributed by atoms with E-state index in [-0.39, 0.29) is 17.7 Å². The van der Waals surface area contributed by atoms with Gasteiger partial charge in [-0.05, 0) is 55.6 Å². The Morgan fingerprint density at radius 1 is 0.964 bits per heavy atom. The second-order valence-electron chi connectivity index (χ2n) is 8.09. The van der Waals surface area contributed by atoms with Crippen molar-refractivity contribution >= 4 is 22.6 Å². The van der Waals surface area contributed by atoms with Crippen LogP contribution in [0.25, 0.3) is 10.8 Å². The minimum atomic E-state index is 0.0601. The highest BCUT2D eigenvalue weighted by molar-refractivity contribution is 6.07. The lowest BCUT2D eigenvalue weighted by Gasteiger charge is -2.33. The molecule has 2 aromatic rings. The molecule has 0 saturated carbocycles. The van der Waals surface area contributed by atoms with Crippen LogP contribution in [0.2, 0.25) is 0 Å². The third-order valence-corrected chi connectivity index (χ3v) is 6.24. The fraction of sp³-hybridized carbons (Fsp3) is 0.478. The largest absolute Gasteiger partial charge is 0.342 e. The van der Waals surface area contributed by atoms with Crippen LogP contribution in [0.1, 0.15) is 29.6 Å². The molecule has 28 heavy (non-hydrogen) atoms. The Kier molecular flexibility index (Phi) is 5.62. The average molecular weight is 380 g/mol. The number of carbonyl (C=O) groups excluding carboxylic acids is 2. The molecule has 0 radical (unpaired) electrons. The van der Waals surface area contributed by atoms with Gasteiger partial charge in [-0.1, -0.05) is 36.4 Å². The summed E-state index contributed by atoms with van der Waals surface area (Å²) < 4.78 is 0. The van der Waals surface area contributed by atoms with Gasteiger partial charge in [-0.3, -0.25) is 9.59 Å². The second kappa shape index (κ2) is 8.31. The summed E-state index contributed by atoms with van der Waals surface area (Å²) in [7, 11) is 1.97. The second-order valence-corrected chi connectivity index (χ2v) is 8.09. The number of likely N-dealkylation sites (tertiary alicyclic amines) is 2. The van der Waals surface area contributed by atoms with E-state index in [1.807, 2.05) is 59.3 Å². The lowest BCUT2D eigenvalue weighted by molar-refractivity contribution is -0.135. The zero-order valence-electron chi connectivity index (χ0n) is 16.6. The van der Waals surface area contributed by atoms with E-state index in [0.29, 0.717) is 19.0 Å². The van der Waals surface area contributed by atoms with E-state index < -0.39 is 0 Å². The predicted molar refractivity (Wildman–Crippen MR) is 111 cm³/mol. The van der Waals surface area contributed by atoms with Gasteiger partial charge in [0.15, 0.2) is 0 Å². The highest BCUT2D eigenvalue weighted by atomic mass is 16.2. The Hall–Kier alpha value is -2.40. The van der Waals surface area contributed by atoms with Crippen LogP contribution >= 0.6 is 0 Å². The van der Waals surface area contributed by atoms with Crippen LogP contribution in [-0.2, 0) is 4.79 Å². The number of fused-ring (bicyclic) bond motifs is 1. The molecule has 2 saturated heterocycles. The summed E-state index contributed by atoms with van der Waals surface area (Å²) in [4.78, 5) is 29.9. The van der Waals surface area contributed by atoms with E-state index in [1.165, 1.54) is 0 Å². The predicted octanol–water partition coefficient (Wildman–Crippen LogP) is 2.76. The van der Waals surface area contributed by atoms with Gasteiger partial charge < -0.3 is 15.1 Å². The Morgan fingerprint density at radius 2 is 1.68 bits per heavy atom. The first-order chi connectivity index (χ1) is 13.7. The van der Waals surface area contributed by atoms with Crippen molar-refractivity contribution in [2.75, 3.05) is 39.8 Å². The standard InChI is InChI=1S/C23H29N3O2/c1-24-15-17-9-12-26(16-17)22(27)19-10-13-25(14-11-19)23(28)21-8-4-6-18-5-2-3-7-20(18)21/h2-8,17,19,24H,9-16H2,1H3. The van der Waals surface area contributed by atoms with Crippen LogP contribution in [0.4, 0.5) is 0 Å². The van der Waals surface area contributed by atoms with Gasteiger partial charge in [0.1, 0.15) is 0 Å². The minimum absolute atomic E-state index is 0.0601. The molecular formula is C23H29N3O2. The Bertz CT molecular complexity index is 853. The topological polar surface area (TPSA) is 52.7 Å². The van der Waals surface area contributed by atoms with Gasteiger partial charge in [0.25, 0.3) is 5.91 Å². The number of hydrogen-bond acceptors (Lipinski definition) is 3. The van der Waals surface area contributed by atoms with Crippen molar-refractivity contribution in [1.82, 2.24) is 15.1 Å². The van der Waals surface area contributed by atoms with Gasteiger partial charge in [0.2, 0.25) is 5.91 Å². The maximum Gasteiger partial charge on any atom is 0.254 e. The molecule has 1 atom stereocenters. The van der Waals surface area contributed by atoms with E-state index in [0.717, 1.165) is 55.2 Å².